The normalized spacial score (nSPS) is 17.0. The zero-order valence-electron chi connectivity index (χ0n) is 14.6. The van der Waals surface area contributed by atoms with Crippen molar-refractivity contribution in [2.45, 2.75) is 13.0 Å². The number of hydrogen-bond acceptors (Lipinski definition) is 3. The van der Waals surface area contributed by atoms with Gasteiger partial charge in [-0.1, -0.05) is 36.4 Å². The molecule has 3 aromatic rings. The smallest absolute Gasteiger partial charge is 0.228 e. The predicted octanol–water partition coefficient (Wildman–Crippen LogP) is 3.44. The predicted molar refractivity (Wildman–Crippen MR) is 99.6 cm³/mol. The number of fused-ring (bicyclic) bond motifs is 1. The summed E-state index contributed by atoms with van der Waals surface area (Å²) in [4.78, 5) is 28.7. The Morgan fingerprint density at radius 2 is 1.96 bits per heavy atom. The number of anilines is 1. The van der Waals surface area contributed by atoms with Crippen LogP contribution in [0.15, 0.2) is 65.3 Å². The van der Waals surface area contributed by atoms with Crippen LogP contribution in [0.2, 0.25) is 0 Å². The maximum Gasteiger partial charge on any atom is 0.228 e. The van der Waals surface area contributed by atoms with E-state index in [-0.39, 0.29) is 24.2 Å². The minimum atomic E-state index is -0.332. The Morgan fingerprint density at radius 1 is 1.15 bits per heavy atom. The van der Waals surface area contributed by atoms with E-state index < -0.39 is 0 Å². The lowest BCUT2D eigenvalue weighted by Crippen LogP contribution is -2.34. The highest BCUT2D eigenvalue weighted by Gasteiger charge is 2.37. The zero-order chi connectivity index (χ0) is 18.1. The number of rotatable bonds is 4. The molecule has 0 radical (unpaired) electrons. The Hall–Kier alpha value is -3.08. The van der Waals surface area contributed by atoms with Gasteiger partial charge in [-0.25, -0.2) is 0 Å². The van der Waals surface area contributed by atoms with Crippen LogP contribution < -0.4 is 4.90 Å². The monoisotopic (exact) mass is 348 g/mol. The van der Waals surface area contributed by atoms with E-state index >= 15 is 0 Å². The van der Waals surface area contributed by atoms with Gasteiger partial charge in [0.05, 0.1) is 24.4 Å². The third kappa shape index (κ3) is 2.96. The molecule has 0 N–H and O–H groups in total. The van der Waals surface area contributed by atoms with Crippen molar-refractivity contribution in [2.24, 2.45) is 5.92 Å². The number of hydrogen-bond donors (Lipinski definition) is 0. The number of carbonyl (C=O) groups excluding carboxylic acids is 2. The fourth-order valence-corrected chi connectivity index (χ4v) is 3.58. The summed E-state index contributed by atoms with van der Waals surface area (Å²) in [6.07, 6.45) is 1.83. The minimum absolute atomic E-state index is 0.00824. The second-order valence-electron chi connectivity index (χ2n) is 6.68. The standard InChI is InChI=1S/C21H20N2O3/c1-22(14-17-8-5-11-26-17)21(25)16-12-20(24)23(13-16)19-10-4-7-15-6-2-3-9-18(15)19/h2-11,16H,12-14H2,1H3. The SMILES string of the molecule is CN(Cc1ccco1)C(=O)C1CC(=O)N(c2cccc3ccccc23)C1. The lowest BCUT2D eigenvalue weighted by molar-refractivity contribution is -0.135. The van der Waals surface area contributed by atoms with Crippen LogP contribution in [-0.2, 0) is 16.1 Å². The van der Waals surface area contributed by atoms with Gasteiger partial charge in [0, 0.05) is 25.4 Å². The van der Waals surface area contributed by atoms with E-state index in [0.29, 0.717) is 13.1 Å². The van der Waals surface area contributed by atoms with Crippen molar-refractivity contribution in [1.29, 1.82) is 0 Å². The van der Waals surface area contributed by atoms with Crippen molar-refractivity contribution < 1.29 is 14.0 Å². The Balaban J connectivity index is 1.54. The van der Waals surface area contributed by atoms with Gasteiger partial charge in [-0.15, -0.1) is 0 Å². The van der Waals surface area contributed by atoms with E-state index in [1.165, 1.54) is 0 Å². The molecular weight excluding hydrogens is 328 g/mol. The molecule has 2 heterocycles. The third-order valence-corrected chi connectivity index (χ3v) is 4.88. The second kappa shape index (κ2) is 6.67. The molecule has 1 aromatic heterocycles. The fraction of sp³-hybridized carbons (Fsp3) is 0.238. The van der Waals surface area contributed by atoms with Crippen LogP contribution in [0.5, 0.6) is 0 Å². The number of carbonyl (C=O) groups is 2. The molecule has 0 aliphatic carbocycles. The topological polar surface area (TPSA) is 53.8 Å². The van der Waals surface area contributed by atoms with Gasteiger partial charge in [-0.2, -0.15) is 0 Å². The average molecular weight is 348 g/mol. The van der Waals surface area contributed by atoms with E-state index in [1.54, 1.807) is 29.2 Å². The first-order chi connectivity index (χ1) is 12.6. The van der Waals surface area contributed by atoms with Gasteiger partial charge < -0.3 is 14.2 Å². The summed E-state index contributed by atoms with van der Waals surface area (Å²) in [7, 11) is 1.75. The molecule has 5 nitrogen and oxygen atoms in total. The summed E-state index contributed by atoms with van der Waals surface area (Å²) in [5.41, 5.74) is 0.872. The van der Waals surface area contributed by atoms with Crippen LogP contribution in [0.3, 0.4) is 0 Å². The summed E-state index contributed by atoms with van der Waals surface area (Å²) in [6.45, 7) is 0.818. The Bertz CT molecular complexity index is 944. The Kier molecular flexibility index (Phi) is 4.21. The van der Waals surface area contributed by atoms with Gasteiger partial charge in [0.15, 0.2) is 0 Å². The van der Waals surface area contributed by atoms with Crippen molar-refractivity contribution in [1.82, 2.24) is 4.90 Å². The highest BCUT2D eigenvalue weighted by atomic mass is 16.3. The van der Waals surface area contributed by atoms with Crippen molar-refractivity contribution in [3.63, 3.8) is 0 Å². The summed E-state index contributed by atoms with van der Waals surface area (Å²) in [5.74, 6) is 0.362. The van der Waals surface area contributed by atoms with E-state index in [2.05, 4.69) is 0 Å². The van der Waals surface area contributed by atoms with E-state index in [1.807, 2.05) is 48.5 Å². The molecule has 0 spiro atoms. The Labute approximate surface area is 151 Å². The number of furan rings is 1. The van der Waals surface area contributed by atoms with Crippen LogP contribution in [-0.4, -0.2) is 30.3 Å². The molecule has 4 rings (SSSR count). The highest BCUT2D eigenvalue weighted by molar-refractivity contribution is 6.06. The van der Waals surface area contributed by atoms with Crippen molar-refractivity contribution in [2.75, 3.05) is 18.5 Å². The maximum absolute atomic E-state index is 12.8. The molecule has 2 amide bonds. The van der Waals surface area contributed by atoms with E-state index in [9.17, 15) is 9.59 Å². The Morgan fingerprint density at radius 3 is 2.77 bits per heavy atom. The molecule has 5 heteroatoms. The second-order valence-corrected chi connectivity index (χ2v) is 6.68. The van der Waals surface area contributed by atoms with Crippen molar-refractivity contribution >= 4 is 28.3 Å². The summed E-state index contributed by atoms with van der Waals surface area (Å²) >= 11 is 0. The summed E-state index contributed by atoms with van der Waals surface area (Å²) in [5, 5.41) is 2.11. The molecule has 0 bridgehead atoms. The van der Waals surface area contributed by atoms with Gasteiger partial charge >= 0.3 is 0 Å². The molecule has 26 heavy (non-hydrogen) atoms. The molecule has 0 saturated carbocycles. The number of amides is 2. The molecule has 1 aliphatic rings. The van der Waals surface area contributed by atoms with Gasteiger partial charge in [0.2, 0.25) is 11.8 Å². The first-order valence-corrected chi connectivity index (χ1v) is 8.69. The molecule has 132 valence electrons. The largest absolute Gasteiger partial charge is 0.467 e. The molecular formula is C21H20N2O3. The molecule has 2 aromatic carbocycles. The van der Waals surface area contributed by atoms with Crippen LogP contribution in [0, 0.1) is 5.92 Å². The molecule has 1 atom stereocenters. The minimum Gasteiger partial charge on any atom is -0.467 e. The molecule has 1 unspecified atom stereocenters. The van der Waals surface area contributed by atoms with Crippen LogP contribution in [0.1, 0.15) is 12.2 Å². The van der Waals surface area contributed by atoms with E-state index in [4.69, 9.17) is 4.42 Å². The van der Waals surface area contributed by atoms with Gasteiger partial charge in [0.1, 0.15) is 5.76 Å². The van der Waals surface area contributed by atoms with Crippen LogP contribution in [0.25, 0.3) is 10.8 Å². The zero-order valence-corrected chi connectivity index (χ0v) is 14.6. The maximum atomic E-state index is 12.8. The van der Waals surface area contributed by atoms with Gasteiger partial charge in [-0.05, 0) is 23.6 Å². The summed E-state index contributed by atoms with van der Waals surface area (Å²) < 4.78 is 5.31. The average Bonchev–Trinajstić information content (AvgIpc) is 3.30. The lowest BCUT2D eigenvalue weighted by atomic mass is 10.1. The quantitative estimate of drug-likeness (QED) is 0.726. The molecule has 1 saturated heterocycles. The lowest BCUT2D eigenvalue weighted by Gasteiger charge is -2.21. The van der Waals surface area contributed by atoms with Gasteiger partial charge in [0.25, 0.3) is 0 Å². The van der Waals surface area contributed by atoms with Crippen molar-refractivity contribution in [3.8, 4) is 0 Å². The van der Waals surface area contributed by atoms with Crippen LogP contribution >= 0.6 is 0 Å². The van der Waals surface area contributed by atoms with E-state index in [0.717, 1.165) is 22.2 Å². The van der Waals surface area contributed by atoms with Crippen LogP contribution in [0.4, 0.5) is 5.69 Å². The molecule has 1 aliphatic heterocycles. The molecule has 1 fully saturated rings. The fourth-order valence-electron chi connectivity index (χ4n) is 3.58. The first kappa shape index (κ1) is 16.4. The first-order valence-electron chi connectivity index (χ1n) is 8.69. The highest BCUT2D eigenvalue weighted by Crippen LogP contribution is 2.32. The van der Waals surface area contributed by atoms with Gasteiger partial charge in [-0.3, -0.25) is 9.59 Å². The summed E-state index contributed by atoms with van der Waals surface area (Å²) in [6, 6.07) is 17.5. The number of benzene rings is 2. The number of nitrogens with zero attached hydrogens (tertiary/aromatic N) is 2. The van der Waals surface area contributed by atoms with Crippen molar-refractivity contribution in [3.05, 3.63) is 66.6 Å². The third-order valence-electron chi connectivity index (χ3n) is 4.88.